The molecule has 0 spiro atoms. The third-order valence-corrected chi connectivity index (χ3v) is 7.63. The van der Waals surface area contributed by atoms with Crippen LogP contribution >= 0.6 is 0 Å². The Morgan fingerprint density at radius 1 is 1.05 bits per heavy atom. The summed E-state index contributed by atoms with van der Waals surface area (Å²) < 4.78 is 23.2. The van der Waals surface area contributed by atoms with E-state index >= 15 is 0 Å². The standard InChI is InChI=1S/C27H38N2O8/c1-16-24(37-26(32)17-8-3-4-9-17)21(36-18-10-5-6-11-18)13-7-12-19(27(33)35-16)29-25(31)22-23(30)20(34-2)14-15-28-22/h14-19,21,24,30H,3-13H2,1-2H3,(H,29,31)/t16-,19-,21-,24-/m0/s1. The van der Waals surface area contributed by atoms with E-state index in [1.165, 1.54) is 19.4 Å². The van der Waals surface area contributed by atoms with Gasteiger partial charge >= 0.3 is 11.9 Å². The van der Waals surface area contributed by atoms with Crippen LogP contribution in [-0.4, -0.2) is 65.5 Å². The highest BCUT2D eigenvalue weighted by molar-refractivity contribution is 5.97. The number of hydrogen-bond donors (Lipinski definition) is 2. The summed E-state index contributed by atoms with van der Waals surface area (Å²) >= 11 is 0. The second-order valence-electron chi connectivity index (χ2n) is 10.3. The smallest absolute Gasteiger partial charge is 0.329 e. The zero-order chi connectivity index (χ0) is 26.4. The van der Waals surface area contributed by atoms with E-state index in [9.17, 15) is 19.5 Å². The summed E-state index contributed by atoms with van der Waals surface area (Å²) in [6.45, 7) is 1.70. The second kappa shape index (κ2) is 12.6. The Bertz CT molecular complexity index is 958. The number of carbonyl (C=O) groups is 3. The third-order valence-electron chi connectivity index (χ3n) is 7.63. The molecule has 10 nitrogen and oxygen atoms in total. The summed E-state index contributed by atoms with van der Waals surface area (Å²) in [5, 5.41) is 12.9. The van der Waals surface area contributed by atoms with Crippen LogP contribution < -0.4 is 10.1 Å². The van der Waals surface area contributed by atoms with Gasteiger partial charge in [-0.25, -0.2) is 9.78 Å². The topological polar surface area (TPSA) is 133 Å². The number of ether oxygens (including phenoxy) is 4. The first-order valence-corrected chi connectivity index (χ1v) is 13.5. The molecular formula is C27H38N2O8. The minimum atomic E-state index is -0.959. The van der Waals surface area contributed by atoms with Crippen LogP contribution in [0, 0.1) is 5.92 Å². The first-order chi connectivity index (χ1) is 17.9. The zero-order valence-electron chi connectivity index (χ0n) is 21.6. The van der Waals surface area contributed by atoms with Gasteiger partial charge in [-0.3, -0.25) is 9.59 Å². The van der Waals surface area contributed by atoms with Gasteiger partial charge in [0.2, 0.25) is 0 Å². The second-order valence-corrected chi connectivity index (χ2v) is 10.3. The predicted molar refractivity (Wildman–Crippen MR) is 132 cm³/mol. The van der Waals surface area contributed by atoms with Crippen molar-refractivity contribution in [3.05, 3.63) is 18.0 Å². The van der Waals surface area contributed by atoms with Gasteiger partial charge in [-0.05, 0) is 51.9 Å². The number of esters is 2. The molecule has 3 fully saturated rings. The molecule has 2 saturated carbocycles. The molecule has 1 amide bonds. The van der Waals surface area contributed by atoms with Crippen molar-refractivity contribution in [3.63, 3.8) is 0 Å². The molecule has 0 unspecified atom stereocenters. The summed E-state index contributed by atoms with van der Waals surface area (Å²) in [5.74, 6) is -2.03. The first-order valence-electron chi connectivity index (χ1n) is 13.5. The lowest BCUT2D eigenvalue weighted by Crippen LogP contribution is -2.47. The Kier molecular flexibility index (Phi) is 9.23. The van der Waals surface area contributed by atoms with E-state index in [0.29, 0.717) is 19.3 Å². The maximum Gasteiger partial charge on any atom is 0.329 e. The van der Waals surface area contributed by atoms with Gasteiger partial charge < -0.3 is 29.4 Å². The Hall–Kier alpha value is -2.88. The van der Waals surface area contributed by atoms with Crippen LogP contribution in [0.1, 0.15) is 88.0 Å². The fraction of sp³-hybridized carbons (Fsp3) is 0.704. The molecule has 0 aromatic carbocycles. The van der Waals surface area contributed by atoms with Gasteiger partial charge in [0, 0.05) is 12.3 Å². The van der Waals surface area contributed by atoms with E-state index in [1.54, 1.807) is 6.92 Å². The molecule has 1 aromatic rings. The van der Waals surface area contributed by atoms with Crippen molar-refractivity contribution in [1.82, 2.24) is 10.3 Å². The molecule has 37 heavy (non-hydrogen) atoms. The zero-order valence-corrected chi connectivity index (χ0v) is 21.6. The maximum absolute atomic E-state index is 13.1. The molecule has 4 rings (SSSR count). The van der Waals surface area contributed by atoms with Crippen LogP contribution in [0.2, 0.25) is 0 Å². The maximum atomic E-state index is 13.1. The van der Waals surface area contributed by atoms with Crippen molar-refractivity contribution in [2.75, 3.05) is 7.11 Å². The monoisotopic (exact) mass is 518 g/mol. The van der Waals surface area contributed by atoms with Crippen molar-refractivity contribution in [1.29, 1.82) is 0 Å². The van der Waals surface area contributed by atoms with Crippen LogP contribution in [0.15, 0.2) is 12.3 Å². The largest absolute Gasteiger partial charge is 0.503 e. The summed E-state index contributed by atoms with van der Waals surface area (Å²) in [5.41, 5.74) is -0.245. The Labute approximate surface area is 217 Å². The number of amides is 1. The molecule has 204 valence electrons. The third kappa shape index (κ3) is 6.71. The molecule has 3 aliphatic rings. The van der Waals surface area contributed by atoms with Gasteiger partial charge in [-0.15, -0.1) is 0 Å². The van der Waals surface area contributed by atoms with E-state index in [-0.39, 0.29) is 29.4 Å². The van der Waals surface area contributed by atoms with Crippen molar-refractivity contribution in [2.45, 2.75) is 108 Å². The normalized spacial score (nSPS) is 27.6. The van der Waals surface area contributed by atoms with Gasteiger partial charge in [0.1, 0.15) is 12.1 Å². The highest BCUT2D eigenvalue weighted by Gasteiger charge is 2.40. The van der Waals surface area contributed by atoms with E-state index < -0.39 is 42.0 Å². The minimum Gasteiger partial charge on any atom is -0.503 e. The van der Waals surface area contributed by atoms with Crippen molar-refractivity contribution < 1.29 is 38.4 Å². The van der Waals surface area contributed by atoms with Crippen LogP contribution in [0.4, 0.5) is 0 Å². The lowest BCUT2D eigenvalue weighted by Gasteiger charge is -2.33. The van der Waals surface area contributed by atoms with Crippen molar-refractivity contribution in [2.24, 2.45) is 5.92 Å². The highest BCUT2D eigenvalue weighted by Crippen LogP contribution is 2.32. The molecule has 2 heterocycles. The number of aromatic hydroxyl groups is 1. The number of pyridine rings is 1. The molecule has 0 radical (unpaired) electrons. The number of aromatic nitrogens is 1. The Morgan fingerprint density at radius 2 is 1.76 bits per heavy atom. The molecule has 1 aliphatic heterocycles. The number of hydrogen-bond acceptors (Lipinski definition) is 9. The van der Waals surface area contributed by atoms with Gasteiger partial charge in [-0.1, -0.05) is 25.7 Å². The highest BCUT2D eigenvalue weighted by atomic mass is 16.6. The molecule has 1 saturated heterocycles. The fourth-order valence-electron chi connectivity index (χ4n) is 5.55. The fourth-order valence-corrected chi connectivity index (χ4v) is 5.55. The van der Waals surface area contributed by atoms with E-state index in [1.807, 2.05) is 0 Å². The lowest BCUT2D eigenvalue weighted by atomic mass is 10.0. The number of nitrogens with one attached hydrogen (secondary N) is 1. The minimum absolute atomic E-state index is 0.0962. The summed E-state index contributed by atoms with van der Waals surface area (Å²) in [7, 11) is 1.37. The van der Waals surface area contributed by atoms with Crippen LogP contribution in [0.5, 0.6) is 11.5 Å². The molecule has 4 atom stereocenters. The van der Waals surface area contributed by atoms with E-state index in [0.717, 1.165) is 51.4 Å². The van der Waals surface area contributed by atoms with E-state index in [4.69, 9.17) is 18.9 Å². The molecule has 1 aromatic heterocycles. The average molecular weight is 519 g/mol. The Balaban J connectivity index is 1.49. The molecule has 0 bridgehead atoms. The molecule has 10 heteroatoms. The Morgan fingerprint density at radius 3 is 2.46 bits per heavy atom. The molecule has 2 aliphatic carbocycles. The van der Waals surface area contributed by atoms with Gasteiger partial charge in [0.15, 0.2) is 23.3 Å². The summed E-state index contributed by atoms with van der Waals surface area (Å²) in [6, 6.07) is 0.471. The molecular weight excluding hydrogens is 480 g/mol. The van der Waals surface area contributed by atoms with Gasteiger partial charge in [0.05, 0.1) is 25.2 Å². The average Bonchev–Trinajstić information content (AvgIpc) is 3.60. The summed E-state index contributed by atoms with van der Waals surface area (Å²) in [6.07, 6.45) is 8.71. The van der Waals surface area contributed by atoms with Crippen molar-refractivity contribution in [3.8, 4) is 11.5 Å². The number of rotatable bonds is 7. The van der Waals surface area contributed by atoms with E-state index in [2.05, 4.69) is 10.3 Å². The van der Waals surface area contributed by atoms with Crippen LogP contribution in [-0.2, 0) is 23.8 Å². The van der Waals surface area contributed by atoms with Crippen LogP contribution in [0.3, 0.4) is 0 Å². The summed E-state index contributed by atoms with van der Waals surface area (Å²) in [4.78, 5) is 42.9. The first kappa shape index (κ1) is 27.2. The number of carbonyl (C=O) groups excluding carboxylic acids is 3. The van der Waals surface area contributed by atoms with Gasteiger partial charge in [0.25, 0.3) is 5.91 Å². The quantitative estimate of drug-likeness (QED) is 0.521. The number of cyclic esters (lactones) is 1. The molecule has 2 N–H and O–H groups in total. The lowest BCUT2D eigenvalue weighted by molar-refractivity contribution is -0.186. The van der Waals surface area contributed by atoms with Crippen LogP contribution in [0.25, 0.3) is 0 Å². The number of methoxy groups -OCH3 is 1. The number of nitrogens with zero attached hydrogens (tertiary/aromatic N) is 1. The van der Waals surface area contributed by atoms with Crippen molar-refractivity contribution >= 4 is 17.8 Å². The predicted octanol–water partition coefficient (Wildman–Crippen LogP) is 3.44. The van der Waals surface area contributed by atoms with Gasteiger partial charge in [-0.2, -0.15) is 0 Å². The SMILES string of the molecule is COc1ccnc(C(=O)N[C@H]2CCC[C@H](OC3CCCC3)[C@@H](OC(=O)C3CCCC3)[C@H](C)OC2=O)c1O.